The second-order valence-electron chi connectivity index (χ2n) is 18.7. The van der Waals surface area contributed by atoms with E-state index in [9.17, 15) is 9.59 Å². The minimum atomic E-state index is -1.18. The number of carbonyl (C=O) groups is 2. The van der Waals surface area contributed by atoms with Crippen molar-refractivity contribution >= 4 is 67.6 Å². The number of esters is 2. The number of nitrogens with one attached hydrogen (secondary N) is 2. The molecule has 2 spiro atoms. The lowest BCUT2D eigenvalue weighted by atomic mass is 9.76. The summed E-state index contributed by atoms with van der Waals surface area (Å²) in [5.74, 6) is 1.96. The lowest BCUT2D eigenvalue weighted by Crippen LogP contribution is -2.33. The fourth-order valence-electron chi connectivity index (χ4n) is 11.7. The molecule has 0 fully saturated rings. The molecule has 0 aromatic heterocycles. The van der Waals surface area contributed by atoms with Crippen molar-refractivity contribution in [2.45, 2.75) is 38.9 Å². The molecule has 10 nitrogen and oxygen atoms in total. The maximum Gasteiger partial charge on any atom is 0.340 e. The van der Waals surface area contributed by atoms with Crippen molar-refractivity contribution in [1.82, 2.24) is 0 Å². The molecule has 4 aliphatic heterocycles. The van der Waals surface area contributed by atoms with Crippen LogP contribution in [0.15, 0.2) is 170 Å². The summed E-state index contributed by atoms with van der Waals surface area (Å²) in [6, 6.07) is 56.6. The van der Waals surface area contributed by atoms with Gasteiger partial charge in [0.05, 0.1) is 22.3 Å². The number of ether oxygens (including phenoxy) is 4. The molecule has 72 heavy (non-hydrogen) atoms. The maximum absolute atomic E-state index is 13.7. The van der Waals surface area contributed by atoms with Crippen LogP contribution in [0.2, 0.25) is 0 Å². The Morgan fingerprint density at radius 2 is 0.806 bits per heavy atom. The van der Waals surface area contributed by atoms with Gasteiger partial charge >= 0.3 is 11.9 Å². The van der Waals surface area contributed by atoms with Gasteiger partial charge in [0.25, 0.3) is 0 Å². The summed E-state index contributed by atoms with van der Waals surface area (Å²) in [7, 11) is 0. The standard InChI is InChI=1S/C62H50N4O6/c1-5-65(6-2)43-25-29-51-55(35-43)69-53-31-17-37-33-41(23-27-45(37)57(53)61(51)49-15-11-9-13-47(49)59(67)71-61)63-39-19-21-40(22-20-39)64-42-24-28-46-38(34-42)18-32-54-58(46)62(50-16-12-10-14-48(50)60(68)72-62)52-30-26-44(36-56(52)70-54)66(7-3)8-4/h9-36,63-64H,5-8H2,1-4H3. The van der Waals surface area contributed by atoms with E-state index in [1.807, 2.05) is 84.9 Å². The van der Waals surface area contributed by atoms with E-state index in [-0.39, 0.29) is 11.9 Å². The predicted molar refractivity (Wildman–Crippen MR) is 285 cm³/mol. The van der Waals surface area contributed by atoms with Gasteiger partial charge in [0, 0.05) is 94.7 Å². The Morgan fingerprint density at radius 3 is 1.22 bits per heavy atom. The van der Waals surface area contributed by atoms with Crippen LogP contribution < -0.4 is 29.9 Å². The molecule has 354 valence electrons. The molecule has 2 unspecified atom stereocenters. The van der Waals surface area contributed by atoms with Crippen molar-refractivity contribution in [2.75, 3.05) is 46.6 Å². The van der Waals surface area contributed by atoms with Crippen LogP contribution in [0.25, 0.3) is 21.5 Å². The second kappa shape index (κ2) is 16.4. The van der Waals surface area contributed by atoms with Gasteiger partial charge in [-0.25, -0.2) is 9.59 Å². The predicted octanol–water partition coefficient (Wildman–Crippen LogP) is 14.3. The molecule has 10 heteroatoms. The molecule has 0 amide bonds. The third-order valence-electron chi connectivity index (χ3n) is 15.1. The van der Waals surface area contributed by atoms with E-state index in [0.29, 0.717) is 34.1 Å². The van der Waals surface area contributed by atoms with Gasteiger partial charge in [-0.2, -0.15) is 0 Å². The molecule has 2 N–H and O–H groups in total. The third kappa shape index (κ3) is 6.34. The first-order valence-electron chi connectivity index (χ1n) is 24.8. The van der Waals surface area contributed by atoms with E-state index in [4.69, 9.17) is 18.9 Å². The summed E-state index contributed by atoms with van der Waals surface area (Å²) in [4.78, 5) is 32.0. The zero-order valence-electron chi connectivity index (χ0n) is 40.3. The van der Waals surface area contributed by atoms with Crippen LogP contribution in [0.4, 0.5) is 34.1 Å². The van der Waals surface area contributed by atoms with Gasteiger partial charge in [-0.3, -0.25) is 0 Å². The Morgan fingerprint density at radius 1 is 0.403 bits per heavy atom. The number of rotatable bonds is 10. The highest BCUT2D eigenvalue weighted by Gasteiger charge is 2.56. The van der Waals surface area contributed by atoms with Crippen molar-refractivity contribution in [1.29, 1.82) is 0 Å². The van der Waals surface area contributed by atoms with Gasteiger partial charge in [0.2, 0.25) is 0 Å². The lowest BCUT2D eigenvalue weighted by molar-refractivity contribution is 0.0219. The number of hydrogen-bond donors (Lipinski definition) is 2. The normalized spacial score (nSPS) is 17.4. The van der Waals surface area contributed by atoms with Crippen LogP contribution in [0.3, 0.4) is 0 Å². The van der Waals surface area contributed by atoms with E-state index in [1.54, 1.807) is 0 Å². The van der Waals surface area contributed by atoms with Crippen LogP contribution >= 0.6 is 0 Å². The van der Waals surface area contributed by atoms with E-state index < -0.39 is 11.2 Å². The first-order valence-corrected chi connectivity index (χ1v) is 24.8. The number of anilines is 6. The topological polar surface area (TPSA) is 102 Å². The molecule has 4 aliphatic rings. The molecule has 0 saturated heterocycles. The summed E-state index contributed by atoms with van der Waals surface area (Å²) in [6.45, 7) is 12.0. The Labute approximate surface area is 417 Å². The Kier molecular flexibility index (Phi) is 9.87. The molecule has 9 aromatic carbocycles. The lowest BCUT2D eigenvalue weighted by Gasteiger charge is -2.38. The summed E-state index contributed by atoms with van der Waals surface area (Å²) >= 11 is 0. The van der Waals surface area contributed by atoms with E-state index in [2.05, 4.69) is 133 Å². The van der Waals surface area contributed by atoms with E-state index >= 15 is 0 Å². The van der Waals surface area contributed by atoms with E-state index in [1.165, 1.54) is 0 Å². The van der Waals surface area contributed by atoms with Gasteiger partial charge in [-0.05, 0) is 146 Å². The minimum absolute atomic E-state index is 0.353. The summed E-state index contributed by atoms with van der Waals surface area (Å²) in [6.07, 6.45) is 0. The van der Waals surface area contributed by atoms with Gasteiger partial charge in [-0.15, -0.1) is 0 Å². The molecule has 13 rings (SSSR count). The van der Waals surface area contributed by atoms with Gasteiger partial charge in [-0.1, -0.05) is 60.7 Å². The Bertz CT molecular complexity index is 3490. The molecular weight excluding hydrogens is 897 g/mol. The summed E-state index contributed by atoms with van der Waals surface area (Å²) in [5, 5.41) is 11.0. The zero-order valence-corrected chi connectivity index (χ0v) is 40.3. The van der Waals surface area contributed by atoms with E-state index in [0.717, 1.165) is 115 Å². The maximum atomic E-state index is 13.7. The second-order valence-corrected chi connectivity index (χ2v) is 18.7. The summed E-state index contributed by atoms with van der Waals surface area (Å²) < 4.78 is 26.6. The average molecular weight is 947 g/mol. The molecular formula is C62H50N4O6. The number of carbonyl (C=O) groups excluding carboxylic acids is 2. The molecule has 0 radical (unpaired) electrons. The fraction of sp³-hybridized carbons (Fsp3) is 0.161. The van der Waals surface area contributed by atoms with Crippen LogP contribution in [-0.2, 0) is 20.7 Å². The molecule has 0 saturated carbocycles. The highest BCUT2D eigenvalue weighted by atomic mass is 16.6. The fourth-order valence-corrected chi connectivity index (χ4v) is 11.7. The van der Waals surface area contributed by atoms with Crippen LogP contribution in [0.5, 0.6) is 23.0 Å². The molecule has 4 heterocycles. The van der Waals surface area contributed by atoms with Crippen molar-refractivity contribution in [2.24, 2.45) is 0 Å². The Balaban J connectivity index is 0.795. The number of benzene rings is 9. The Hall–Kier alpha value is -8.76. The monoisotopic (exact) mass is 946 g/mol. The SMILES string of the molecule is CCN(CC)c1ccc2c(c1)Oc1ccc3cc(Nc4ccc(Nc5ccc6c7c(ccc6c5)Oc5cc(N(CC)CC)ccc5C75OC(=O)c6ccccc65)cc4)ccc3c1C21OC(=O)c2ccccc21. The number of nitrogens with zero attached hydrogens (tertiary/aromatic N) is 2. The first-order chi connectivity index (χ1) is 35.2. The van der Waals surface area contributed by atoms with Crippen LogP contribution in [0.1, 0.15) is 81.8 Å². The largest absolute Gasteiger partial charge is 0.456 e. The quantitative estimate of drug-likeness (QED) is 0.129. The van der Waals surface area contributed by atoms with Gasteiger partial charge in [0.15, 0.2) is 11.2 Å². The van der Waals surface area contributed by atoms with Crippen molar-refractivity contribution in [3.8, 4) is 23.0 Å². The van der Waals surface area contributed by atoms with Gasteiger partial charge < -0.3 is 39.4 Å². The number of hydrogen-bond acceptors (Lipinski definition) is 10. The average Bonchev–Trinajstić information content (AvgIpc) is 3.87. The van der Waals surface area contributed by atoms with Crippen molar-refractivity contribution < 1.29 is 28.5 Å². The molecule has 0 aliphatic carbocycles. The molecule has 2 atom stereocenters. The van der Waals surface area contributed by atoms with Crippen LogP contribution in [-0.4, -0.2) is 38.1 Å². The van der Waals surface area contributed by atoms with Crippen molar-refractivity contribution in [3.05, 3.63) is 214 Å². The third-order valence-corrected chi connectivity index (χ3v) is 15.1. The van der Waals surface area contributed by atoms with Gasteiger partial charge in [0.1, 0.15) is 23.0 Å². The smallest absolute Gasteiger partial charge is 0.340 e. The first kappa shape index (κ1) is 43.3. The van der Waals surface area contributed by atoms with Crippen LogP contribution in [0, 0.1) is 0 Å². The number of fused-ring (bicyclic) bond motifs is 16. The zero-order chi connectivity index (χ0) is 48.9. The molecule has 0 bridgehead atoms. The minimum Gasteiger partial charge on any atom is -0.456 e. The summed E-state index contributed by atoms with van der Waals surface area (Å²) in [5.41, 5.74) is 9.34. The highest BCUT2D eigenvalue weighted by molar-refractivity contribution is 6.02. The highest BCUT2D eigenvalue weighted by Crippen LogP contribution is 2.60. The molecule has 9 aromatic rings. The van der Waals surface area contributed by atoms with Crippen molar-refractivity contribution in [3.63, 3.8) is 0 Å².